The Morgan fingerprint density at radius 2 is 1.78 bits per heavy atom. The van der Waals surface area contributed by atoms with Crippen molar-refractivity contribution in [3.05, 3.63) is 29.8 Å². The average molecular weight is 243 g/mol. The van der Waals surface area contributed by atoms with Gasteiger partial charge in [-0.2, -0.15) is 0 Å². The van der Waals surface area contributed by atoms with E-state index in [4.69, 9.17) is 0 Å². The summed E-state index contributed by atoms with van der Waals surface area (Å²) in [5, 5.41) is 0. The Labute approximate surface area is 109 Å². The number of anilines is 1. The zero-order valence-corrected chi connectivity index (χ0v) is 10.9. The van der Waals surface area contributed by atoms with Crippen LogP contribution in [0.4, 0.5) is 5.69 Å². The first-order valence-electron chi connectivity index (χ1n) is 7.21. The van der Waals surface area contributed by atoms with Gasteiger partial charge in [0.05, 0.1) is 0 Å². The zero-order chi connectivity index (χ0) is 12.4. The summed E-state index contributed by atoms with van der Waals surface area (Å²) in [6, 6.07) is 9.40. The molecule has 1 fully saturated rings. The number of aryl methyl sites for hydroxylation is 1. The van der Waals surface area contributed by atoms with Gasteiger partial charge < -0.3 is 4.90 Å². The maximum absolute atomic E-state index is 11.4. The molecule has 2 heteroatoms. The van der Waals surface area contributed by atoms with Gasteiger partial charge >= 0.3 is 0 Å². The van der Waals surface area contributed by atoms with Crippen molar-refractivity contribution in [2.45, 2.75) is 51.0 Å². The van der Waals surface area contributed by atoms with Gasteiger partial charge in [0, 0.05) is 31.1 Å². The molecule has 1 aromatic carbocycles. The van der Waals surface area contributed by atoms with Gasteiger partial charge in [0.2, 0.25) is 0 Å². The normalized spacial score (nSPS) is 21.6. The first kappa shape index (κ1) is 11.8. The highest BCUT2D eigenvalue weighted by Gasteiger charge is 2.26. The molecular weight excluding hydrogens is 222 g/mol. The summed E-state index contributed by atoms with van der Waals surface area (Å²) < 4.78 is 0. The second-order valence-corrected chi connectivity index (χ2v) is 5.55. The van der Waals surface area contributed by atoms with Gasteiger partial charge in [-0.25, -0.2) is 0 Å². The molecule has 2 nitrogen and oxygen atoms in total. The van der Waals surface area contributed by atoms with Crippen molar-refractivity contribution in [2.75, 3.05) is 11.4 Å². The topological polar surface area (TPSA) is 20.3 Å². The number of carbonyl (C=O) groups excluding carboxylic acids is 1. The molecule has 0 unspecified atom stereocenters. The standard InChI is InChI=1S/C16H21NO/c18-15-10-8-14(9-11-15)17-12-4-3-6-13-5-1-2-7-16(13)17/h1-2,5,7,14H,3-4,6,8-12H2. The van der Waals surface area contributed by atoms with Crippen LogP contribution in [0.5, 0.6) is 0 Å². The van der Waals surface area contributed by atoms with E-state index >= 15 is 0 Å². The van der Waals surface area contributed by atoms with Gasteiger partial charge in [-0.05, 0) is 43.7 Å². The van der Waals surface area contributed by atoms with Crippen LogP contribution < -0.4 is 4.90 Å². The van der Waals surface area contributed by atoms with Crippen LogP contribution in [0.15, 0.2) is 24.3 Å². The number of hydrogen-bond acceptors (Lipinski definition) is 2. The number of benzene rings is 1. The van der Waals surface area contributed by atoms with E-state index in [2.05, 4.69) is 29.2 Å². The maximum Gasteiger partial charge on any atom is 0.133 e. The molecular formula is C16H21NO. The lowest BCUT2D eigenvalue weighted by Crippen LogP contribution is -2.39. The molecule has 0 amide bonds. The molecule has 1 aliphatic heterocycles. The number of hydrogen-bond donors (Lipinski definition) is 0. The SMILES string of the molecule is O=C1CCC(N2CCCCc3ccccc32)CC1. The number of Topliss-reactive ketones (excluding diaryl/α,β-unsaturated/α-hetero) is 1. The van der Waals surface area contributed by atoms with Crippen molar-refractivity contribution in [1.29, 1.82) is 0 Å². The van der Waals surface area contributed by atoms with Gasteiger partial charge in [0.15, 0.2) is 0 Å². The predicted molar refractivity (Wildman–Crippen MR) is 74.0 cm³/mol. The molecule has 96 valence electrons. The number of fused-ring (bicyclic) bond motifs is 1. The minimum Gasteiger partial charge on any atom is -0.368 e. The molecule has 1 aromatic rings. The van der Waals surface area contributed by atoms with Gasteiger partial charge in [-0.3, -0.25) is 4.79 Å². The molecule has 1 aliphatic carbocycles. The van der Waals surface area contributed by atoms with E-state index in [0.29, 0.717) is 11.8 Å². The number of ketones is 1. The minimum atomic E-state index is 0.453. The molecule has 0 saturated heterocycles. The smallest absolute Gasteiger partial charge is 0.133 e. The first-order valence-corrected chi connectivity index (χ1v) is 7.21. The van der Waals surface area contributed by atoms with Gasteiger partial charge in [-0.15, -0.1) is 0 Å². The lowest BCUT2D eigenvalue weighted by Gasteiger charge is -2.36. The molecule has 0 radical (unpaired) electrons. The Kier molecular flexibility index (Phi) is 3.35. The van der Waals surface area contributed by atoms with Crippen LogP contribution in [-0.4, -0.2) is 18.4 Å². The van der Waals surface area contributed by atoms with Crippen LogP contribution in [-0.2, 0) is 11.2 Å². The first-order chi connectivity index (χ1) is 8.84. The second kappa shape index (κ2) is 5.13. The third-order valence-electron chi connectivity index (χ3n) is 4.35. The third-order valence-corrected chi connectivity index (χ3v) is 4.35. The lowest BCUT2D eigenvalue weighted by molar-refractivity contribution is -0.120. The summed E-state index contributed by atoms with van der Waals surface area (Å²) in [4.78, 5) is 14.0. The number of nitrogens with zero attached hydrogens (tertiary/aromatic N) is 1. The molecule has 0 bridgehead atoms. The van der Waals surface area contributed by atoms with Crippen molar-refractivity contribution >= 4 is 11.5 Å². The van der Waals surface area contributed by atoms with Crippen LogP contribution in [0, 0.1) is 0 Å². The highest BCUT2D eigenvalue weighted by molar-refractivity contribution is 5.79. The Balaban J connectivity index is 1.85. The van der Waals surface area contributed by atoms with E-state index in [9.17, 15) is 4.79 Å². The monoisotopic (exact) mass is 243 g/mol. The molecule has 0 spiro atoms. The van der Waals surface area contributed by atoms with Crippen molar-refractivity contribution in [1.82, 2.24) is 0 Å². The van der Waals surface area contributed by atoms with Crippen LogP contribution in [0.2, 0.25) is 0 Å². The van der Waals surface area contributed by atoms with Crippen LogP contribution >= 0.6 is 0 Å². The second-order valence-electron chi connectivity index (χ2n) is 5.55. The molecule has 3 rings (SSSR count). The van der Waals surface area contributed by atoms with E-state index in [0.717, 1.165) is 32.2 Å². The molecule has 18 heavy (non-hydrogen) atoms. The van der Waals surface area contributed by atoms with Gasteiger partial charge in [0.1, 0.15) is 5.78 Å². The summed E-state index contributed by atoms with van der Waals surface area (Å²) in [6.45, 7) is 1.16. The van der Waals surface area contributed by atoms with Crippen molar-refractivity contribution in [3.8, 4) is 0 Å². The highest BCUT2D eigenvalue weighted by atomic mass is 16.1. The largest absolute Gasteiger partial charge is 0.368 e. The van der Waals surface area contributed by atoms with Crippen molar-refractivity contribution in [3.63, 3.8) is 0 Å². The van der Waals surface area contributed by atoms with E-state index in [-0.39, 0.29) is 0 Å². The Hall–Kier alpha value is -1.31. The van der Waals surface area contributed by atoms with E-state index < -0.39 is 0 Å². The average Bonchev–Trinajstić information content (AvgIpc) is 2.62. The molecule has 1 saturated carbocycles. The van der Waals surface area contributed by atoms with Crippen molar-refractivity contribution in [2.24, 2.45) is 0 Å². The highest BCUT2D eigenvalue weighted by Crippen LogP contribution is 2.31. The predicted octanol–water partition coefficient (Wildman–Crippen LogP) is 3.34. The number of para-hydroxylation sites is 1. The fourth-order valence-electron chi connectivity index (χ4n) is 3.34. The fourth-order valence-corrected chi connectivity index (χ4v) is 3.34. The number of rotatable bonds is 1. The molecule has 0 N–H and O–H groups in total. The summed E-state index contributed by atoms with van der Waals surface area (Å²) in [5.41, 5.74) is 2.92. The quantitative estimate of drug-likeness (QED) is 0.754. The summed E-state index contributed by atoms with van der Waals surface area (Å²) in [6.07, 6.45) is 7.43. The fraction of sp³-hybridized carbons (Fsp3) is 0.562. The Bertz CT molecular complexity index is 430. The molecule has 2 aliphatic rings. The molecule has 1 heterocycles. The van der Waals surface area contributed by atoms with E-state index in [1.807, 2.05) is 0 Å². The number of carbonyl (C=O) groups is 1. The summed E-state index contributed by atoms with van der Waals surface area (Å²) in [5.74, 6) is 0.453. The Morgan fingerprint density at radius 1 is 1.00 bits per heavy atom. The zero-order valence-electron chi connectivity index (χ0n) is 10.9. The van der Waals surface area contributed by atoms with E-state index in [1.165, 1.54) is 30.5 Å². The third kappa shape index (κ3) is 2.29. The maximum atomic E-state index is 11.4. The summed E-state index contributed by atoms with van der Waals surface area (Å²) in [7, 11) is 0. The van der Waals surface area contributed by atoms with Crippen LogP contribution in [0.25, 0.3) is 0 Å². The van der Waals surface area contributed by atoms with Crippen LogP contribution in [0.3, 0.4) is 0 Å². The molecule has 0 atom stereocenters. The lowest BCUT2D eigenvalue weighted by atomic mass is 9.92. The van der Waals surface area contributed by atoms with E-state index in [1.54, 1.807) is 0 Å². The van der Waals surface area contributed by atoms with Crippen molar-refractivity contribution < 1.29 is 4.79 Å². The van der Waals surface area contributed by atoms with Gasteiger partial charge in [0.25, 0.3) is 0 Å². The summed E-state index contributed by atoms with van der Waals surface area (Å²) >= 11 is 0. The molecule has 0 aromatic heterocycles. The Morgan fingerprint density at radius 3 is 2.61 bits per heavy atom. The van der Waals surface area contributed by atoms with Crippen LogP contribution in [0.1, 0.15) is 44.1 Å². The van der Waals surface area contributed by atoms with Gasteiger partial charge in [-0.1, -0.05) is 18.2 Å². The minimum absolute atomic E-state index is 0.453.